The molecular formula is C15H18N4O4. The van der Waals surface area contributed by atoms with Gasteiger partial charge in [-0.3, -0.25) is 4.68 Å². The first-order valence-corrected chi connectivity index (χ1v) is 6.89. The standard InChI is InChI=1S/C15H18N4O4/c1-15(23,13(20)21)9-16-14(22)17-11-8-19(2)18-12(11)10-6-4-3-5-7-10/h3-8,23H,9H2,1-2H3,(H,20,21)(H2,16,17,22). The smallest absolute Gasteiger partial charge is 0.337 e. The minimum absolute atomic E-state index is 0.422. The molecule has 8 heteroatoms. The average molecular weight is 318 g/mol. The lowest BCUT2D eigenvalue weighted by atomic mass is 10.1. The third kappa shape index (κ3) is 4.07. The van der Waals surface area contributed by atoms with Crippen LogP contribution < -0.4 is 10.6 Å². The lowest BCUT2D eigenvalue weighted by Crippen LogP contribution is -2.47. The molecule has 8 nitrogen and oxygen atoms in total. The van der Waals surface area contributed by atoms with Gasteiger partial charge in [0, 0.05) is 18.8 Å². The van der Waals surface area contributed by atoms with Crippen LogP contribution in [0.25, 0.3) is 11.3 Å². The van der Waals surface area contributed by atoms with Crippen molar-refractivity contribution in [2.24, 2.45) is 7.05 Å². The van der Waals surface area contributed by atoms with Gasteiger partial charge < -0.3 is 20.8 Å². The molecule has 2 aromatic rings. The number of hydrogen-bond donors (Lipinski definition) is 4. The van der Waals surface area contributed by atoms with Crippen molar-refractivity contribution < 1.29 is 19.8 Å². The molecule has 0 radical (unpaired) electrons. The second-order valence-electron chi connectivity index (χ2n) is 5.32. The van der Waals surface area contributed by atoms with Crippen molar-refractivity contribution in [2.75, 3.05) is 11.9 Å². The molecule has 0 saturated heterocycles. The number of aromatic nitrogens is 2. The summed E-state index contributed by atoms with van der Waals surface area (Å²) in [4.78, 5) is 22.7. The molecule has 1 atom stereocenters. The van der Waals surface area contributed by atoms with Gasteiger partial charge in [-0.1, -0.05) is 30.3 Å². The molecule has 0 aliphatic rings. The fourth-order valence-electron chi connectivity index (χ4n) is 1.88. The highest BCUT2D eigenvalue weighted by Gasteiger charge is 2.30. The van der Waals surface area contributed by atoms with E-state index in [1.54, 1.807) is 17.9 Å². The zero-order valence-corrected chi connectivity index (χ0v) is 12.8. The summed E-state index contributed by atoms with van der Waals surface area (Å²) in [5.74, 6) is -1.41. The summed E-state index contributed by atoms with van der Waals surface area (Å²) in [5.41, 5.74) is -0.130. The number of hydrogen-bond acceptors (Lipinski definition) is 4. The summed E-state index contributed by atoms with van der Waals surface area (Å²) >= 11 is 0. The summed E-state index contributed by atoms with van der Waals surface area (Å²) in [7, 11) is 1.73. The zero-order chi connectivity index (χ0) is 17.0. The van der Waals surface area contributed by atoms with Crippen LogP contribution in [0.3, 0.4) is 0 Å². The first-order chi connectivity index (χ1) is 10.8. The molecule has 0 aliphatic heterocycles. The van der Waals surface area contributed by atoms with Crippen LogP contribution in [-0.2, 0) is 11.8 Å². The maximum absolute atomic E-state index is 11.9. The van der Waals surface area contributed by atoms with Gasteiger partial charge in [-0.2, -0.15) is 5.10 Å². The van der Waals surface area contributed by atoms with Crippen molar-refractivity contribution in [3.8, 4) is 11.3 Å². The Morgan fingerprint density at radius 1 is 1.30 bits per heavy atom. The maximum atomic E-state index is 11.9. The topological polar surface area (TPSA) is 116 Å². The quantitative estimate of drug-likeness (QED) is 0.657. The predicted octanol–water partition coefficient (Wildman–Crippen LogP) is 1.04. The van der Waals surface area contributed by atoms with Crippen molar-refractivity contribution in [3.63, 3.8) is 0 Å². The number of rotatable bonds is 5. The van der Waals surface area contributed by atoms with E-state index < -0.39 is 24.1 Å². The van der Waals surface area contributed by atoms with E-state index in [1.807, 2.05) is 30.3 Å². The highest BCUT2D eigenvalue weighted by atomic mass is 16.4. The molecule has 0 saturated carbocycles. The van der Waals surface area contributed by atoms with E-state index in [1.165, 1.54) is 0 Å². The van der Waals surface area contributed by atoms with E-state index in [0.717, 1.165) is 12.5 Å². The first-order valence-electron chi connectivity index (χ1n) is 6.89. The number of carbonyl (C=O) groups excluding carboxylic acids is 1. The van der Waals surface area contributed by atoms with E-state index in [-0.39, 0.29) is 0 Å². The molecule has 1 heterocycles. The molecule has 122 valence electrons. The number of carboxylic acids is 1. The number of aliphatic carboxylic acids is 1. The third-order valence-corrected chi connectivity index (χ3v) is 3.18. The van der Waals surface area contributed by atoms with Gasteiger partial charge >= 0.3 is 12.0 Å². The number of nitrogens with zero attached hydrogens (tertiary/aromatic N) is 2. The molecule has 0 fully saturated rings. The third-order valence-electron chi connectivity index (χ3n) is 3.18. The molecule has 0 aliphatic carbocycles. The Kier molecular flexibility index (Phi) is 4.65. The predicted molar refractivity (Wildman–Crippen MR) is 83.9 cm³/mol. The van der Waals surface area contributed by atoms with Crippen molar-refractivity contribution >= 4 is 17.7 Å². The van der Waals surface area contributed by atoms with Crippen molar-refractivity contribution in [1.29, 1.82) is 0 Å². The number of amides is 2. The molecule has 1 unspecified atom stereocenters. The summed E-state index contributed by atoms with van der Waals surface area (Å²) in [6.45, 7) is 0.685. The van der Waals surface area contributed by atoms with Gasteiger partial charge in [-0.15, -0.1) is 0 Å². The molecule has 2 rings (SSSR count). The molecule has 23 heavy (non-hydrogen) atoms. The molecular weight excluding hydrogens is 300 g/mol. The molecule has 0 bridgehead atoms. The number of carboxylic acid groups (broad SMARTS) is 1. The van der Waals surface area contributed by atoms with E-state index >= 15 is 0 Å². The minimum atomic E-state index is -2.03. The van der Waals surface area contributed by atoms with E-state index in [0.29, 0.717) is 11.4 Å². The second-order valence-corrected chi connectivity index (χ2v) is 5.32. The summed E-state index contributed by atoms with van der Waals surface area (Å²) in [6.07, 6.45) is 1.64. The Labute approximate surface area is 132 Å². The fourth-order valence-corrected chi connectivity index (χ4v) is 1.88. The van der Waals surface area contributed by atoms with Gasteiger partial charge in [0.2, 0.25) is 0 Å². The largest absolute Gasteiger partial charge is 0.479 e. The monoisotopic (exact) mass is 318 g/mol. The SMILES string of the molecule is Cn1cc(NC(=O)NCC(C)(O)C(=O)O)c(-c2ccccc2)n1. The number of benzene rings is 1. The van der Waals surface area contributed by atoms with Crippen LogP contribution in [0.4, 0.5) is 10.5 Å². The Hall–Kier alpha value is -2.87. The average Bonchev–Trinajstić information content (AvgIpc) is 2.86. The Morgan fingerprint density at radius 2 is 1.96 bits per heavy atom. The van der Waals surface area contributed by atoms with Gasteiger partial charge in [-0.05, 0) is 6.92 Å². The van der Waals surface area contributed by atoms with Crippen LogP contribution in [0.2, 0.25) is 0 Å². The summed E-state index contributed by atoms with van der Waals surface area (Å²) in [5, 5.41) is 27.6. The lowest BCUT2D eigenvalue weighted by Gasteiger charge is -2.18. The first kappa shape index (κ1) is 16.5. The summed E-state index contributed by atoms with van der Waals surface area (Å²) in [6, 6.07) is 8.69. The Balaban J connectivity index is 2.09. The number of urea groups is 1. The minimum Gasteiger partial charge on any atom is -0.479 e. The number of anilines is 1. The van der Waals surface area contributed by atoms with Gasteiger partial charge in [-0.25, -0.2) is 9.59 Å². The highest BCUT2D eigenvalue weighted by molar-refractivity contribution is 5.93. The number of nitrogens with one attached hydrogen (secondary N) is 2. The van der Waals surface area contributed by atoms with Crippen LogP contribution in [-0.4, -0.2) is 44.1 Å². The highest BCUT2D eigenvalue weighted by Crippen LogP contribution is 2.25. The fraction of sp³-hybridized carbons (Fsp3) is 0.267. The Bertz CT molecular complexity index is 710. The van der Waals surface area contributed by atoms with Crippen molar-refractivity contribution in [2.45, 2.75) is 12.5 Å². The number of carbonyl (C=O) groups is 2. The van der Waals surface area contributed by atoms with Crippen molar-refractivity contribution in [1.82, 2.24) is 15.1 Å². The van der Waals surface area contributed by atoms with Crippen molar-refractivity contribution in [3.05, 3.63) is 36.5 Å². The zero-order valence-electron chi connectivity index (χ0n) is 12.8. The molecule has 1 aromatic carbocycles. The Morgan fingerprint density at radius 3 is 2.57 bits per heavy atom. The number of aryl methyl sites for hydroxylation is 1. The van der Waals surface area contributed by atoms with Gasteiger partial charge in [0.05, 0.1) is 12.2 Å². The molecule has 0 spiro atoms. The second kappa shape index (κ2) is 6.49. The van der Waals surface area contributed by atoms with Gasteiger partial charge in [0.25, 0.3) is 0 Å². The maximum Gasteiger partial charge on any atom is 0.337 e. The van der Waals surface area contributed by atoms with Crippen LogP contribution in [0.1, 0.15) is 6.92 Å². The summed E-state index contributed by atoms with van der Waals surface area (Å²) < 4.78 is 1.56. The molecule has 1 aromatic heterocycles. The molecule has 4 N–H and O–H groups in total. The molecule has 2 amide bonds. The number of aliphatic hydroxyl groups is 1. The van der Waals surface area contributed by atoms with Gasteiger partial charge in [0.1, 0.15) is 5.69 Å². The van der Waals surface area contributed by atoms with Crippen LogP contribution in [0.15, 0.2) is 36.5 Å². The van der Waals surface area contributed by atoms with Crippen LogP contribution >= 0.6 is 0 Å². The van der Waals surface area contributed by atoms with Crippen LogP contribution in [0.5, 0.6) is 0 Å². The van der Waals surface area contributed by atoms with E-state index in [9.17, 15) is 14.7 Å². The van der Waals surface area contributed by atoms with Crippen LogP contribution in [0, 0.1) is 0 Å². The normalized spacial score (nSPS) is 13.2. The lowest BCUT2D eigenvalue weighted by molar-refractivity contribution is -0.155. The van der Waals surface area contributed by atoms with Gasteiger partial charge in [0.15, 0.2) is 5.60 Å². The van der Waals surface area contributed by atoms with E-state index in [4.69, 9.17) is 5.11 Å². The van der Waals surface area contributed by atoms with E-state index in [2.05, 4.69) is 15.7 Å².